The molecule has 0 aliphatic carbocycles. The molecule has 0 radical (unpaired) electrons. The minimum atomic E-state index is -1.14. The zero-order valence-electron chi connectivity index (χ0n) is 27.9. The van der Waals surface area contributed by atoms with Crippen LogP contribution in [0.4, 0.5) is 0 Å². The van der Waals surface area contributed by atoms with Gasteiger partial charge in [0.2, 0.25) is 5.91 Å². The van der Waals surface area contributed by atoms with Crippen LogP contribution >= 0.6 is 0 Å². The predicted octanol–water partition coefficient (Wildman–Crippen LogP) is 9.48. The summed E-state index contributed by atoms with van der Waals surface area (Å²) in [4.78, 5) is 12.3. The van der Waals surface area contributed by atoms with E-state index in [1.807, 2.05) is 12.2 Å². The molecule has 3 atom stereocenters. The normalized spacial score (nSPS) is 14.1. The van der Waals surface area contributed by atoms with Crippen LogP contribution in [0.15, 0.2) is 24.3 Å². The van der Waals surface area contributed by atoms with E-state index in [1.54, 1.807) is 6.08 Å². The number of aliphatic hydroxyl groups is 3. The molecule has 248 valence electrons. The van der Waals surface area contributed by atoms with Gasteiger partial charge in [-0.2, -0.15) is 0 Å². The molecule has 0 rings (SSSR count). The molecule has 0 saturated carbocycles. The van der Waals surface area contributed by atoms with Crippen molar-refractivity contribution in [3.8, 4) is 0 Å². The predicted molar refractivity (Wildman–Crippen MR) is 181 cm³/mol. The van der Waals surface area contributed by atoms with Crippen molar-refractivity contribution in [2.24, 2.45) is 0 Å². The summed E-state index contributed by atoms with van der Waals surface area (Å²) in [6.07, 6.45) is 37.9. The number of amides is 1. The summed E-state index contributed by atoms with van der Waals surface area (Å²) in [6, 6.07) is -0.808. The quantitative estimate of drug-likeness (QED) is 0.0462. The Morgan fingerprint density at radius 3 is 1.40 bits per heavy atom. The van der Waals surface area contributed by atoms with Crippen molar-refractivity contribution in [3.05, 3.63) is 24.3 Å². The zero-order valence-corrected chi connectivity index (χ0v) is 27.9. The second-order valence-corrected chi connectivity index (χ2v) is 12.4. The van der Waals surface area contributed by atoms with Crippen molar-refractivity contribution < 1.29 is 20.1 Å². The molecule has 0 aromatic carbocycles. The number of aliphatic hydroxyl groups excluding tert-OH is 3. The Bertz CT molecular complexity index is 621. The number of hydrogen-bond donors (Lipinski definition) is 4. The Balaban J connectivity index is 3.69. The maximum absolute atomic E-state index is 12.3. The lowest BCUT2D eigenvalue weighted by Crippen LogP contribution is -2.48. The van der Waals surface area contributed by atoms with Crippen LogP contribution in [0.25, 0.3) is 0 Å². The van der Waals surface area contributed by atoms with Crippen LogP contribution in [0.1, 0.15) is 181 Å². The van der Waals surface area contributed by atoms with Crippen molar-refractivity contribution in [1.29, 1.82) is 0 Å². The molecule has 0 heterocycles. The SMILES string of the molecule is CCCCCC/C=C\CCC(O)C(=O)NC(CO)C(O)/C=C/CCCCCCCCCCCCCCCCCCCC. The van der Waals surface area contributed by atoms with Crippen LogP contribution < -0.4 is 5.32 Å². The van der Waals surface area contributed by atoms with Gasteiger partial charge in [0.15, 0.2) is 0 Å². The number of unbranched alkanes of at least 4 members (excludes halogenated alkanes) is 22. The summed E-state index contributed by atoms with van der Waals surface area (Å²) >= 11 is 0. The summed E-state index contributed by atoms with van der Waals surface area (Å²) in [7, 11) is 0. The van der Waals surface area contributed by atoms with Gasteiger partial charge >= 0.3 is 0 Å². The maximum atomic E-state index is 12.3. The molecule has 42 heavy (non-hydrogen) atoms. The van der Waals surface area contributed by atoms with Crippen molar-refractivity contribution in [1.82, 2.24) is 5.32 Å². The van der Waals surface area contributed by atoms with Crippen LogP contribution in [0.5, 0.6) is 0 Å². The van der Waals surface area contributed by atoms with E-state index >= 15 is 0 Å². The van der Waals surface area contributed by atoms with Gasteiger partial charge in [0, 0.05) is 0 Å². The first kappa shape index (κ1) is 40.8. The molecular formula is C37H71NO4. The maximum Gasteiger partial charge on any atom is 0.249 e. The molecule has 0 aliphatic heterocycles. The van der Waals surface area contributed by atoms with E-state index < -0.39 is 24.2 Å². The highest BCUT2D eigenvalue weighted by Crippen LogP contribution is 2.15. The summed E-state index contributed by atoms with van der Waals surface area (Å²) in [5.74, 6) is -0.540. The number of nitrogens with one attached hydrogen (secondary N) is 1. The Morgan fingerprint density at radius 2 is 0.952 bits per heavy atom. The molecule has 0 spiro atoms. The Hall–Kier alpha value is -1.17. The zero-order chi connectivity index (χ0) is 30.9. The first-order valence-electron chi connectivity index (χ1n) is 18.2. The van der Waals surface area contributed by atoms with E-state index in [9.17, 15) is 20.1 Å². The monoisotopic (exact) mass is 594 g/mol. The third kappa shape index (κ3) is 27.7. The fourth-order valence-electron chi connectivity index (χ4n) is 5.36. The molecule has 0 aromatic rings. The van der Waals surface area contributed by atoms with Gasteiger partial charge in [-0.3, -0.25) is 4.79 Å². The van der Waals surface area contributed by atoms with Crippen LogP contribution in [0, 0.1) is 0 Å². The highest BCUT2D eigenvalue weighted by Gasteiger charge is 2.22. The Morgan fingerprint density at radius 1 is 0.571 bits per heavy atom. The van der Waals surface area contributed by atoms with E-state index in [4.69, 9.17) is 0 Å². The van der Waals surface area contributed by atoms with Gasteiger partial charge in [-0.25, -0.2) is 0 Å². The smallest absolute Gasteiger partial charge is 0.249 e. The average molecular weight is 594 g/mol. The lowest BCUT2D eigenvalue weighted by atomic mass is 10.0. The minimum absolute atomic E-state index is 0.334. The van der Waals surface area contributed by atoms with Crippen molar-refractivity contribution in [2.45, 2.75) is 199 Å². The molecule has 3 unspecified atom stereocenters. The van der Waals surface area contributed by atoms with E-state index in [0.717, 1.165) is 19.3 Å². The van der Waals surface area contributed by atoms with Gasteiger partial charge in [-0.15, -0.1) is 0 Å². The third-order valence-electron chi connectivity index (χ3n) is 8.29. The number of carbonyl (C=O) groups is 1. The minimum Gasteiger partial charge on any atom is -0.394 e. The van der Waals surface area contributed by atoms with Gasteiger partial charge in [0.25, 0.3) is 0 Å². The molecule has 0 saturated heterocycles. The fraction of sp³-hybridized carbons (Fsp3) is 0.865. The average Bonchev–Trinajstić information content (AvgIpc) is 2.99. The van der Waals surface area contributed by atoms with E-state index in [2.05, 4.69) is 25.2 Å². The molecule has 5 nitrogen and oxygen atoms in total. The lowest BCUT2D eigenvalue weighted by molar-refractivity contribution is -0.131. The summed E-state index contributed by atoms with van der Waals surface area (Å²) in [5.41, 5.74) is 0. The summed E-state index contributed by atoms with van der Waals surface area (Å²) in [5, 5.41) is 32.7. The second kappa shape index (κ2) is 32.7. The molecule has 0 aromatic heterocycles. The number of rotatable bonds is 32. The second-order valence-electron chi connectivity index (χ2n) is 12.4. The third-order valence-corrected chi connectivity index (χ3v) is 8.29. The first-order valence-corrected chi connectivity index (χ1v) is 18.2. The van der Waals surface area contributed by atoms with Crippen LogP contribution in [0.3, 0.4) is 0 Å². The van der Waals surface area contributed by atoms with Crippen molar-refractivity contribution in [3.63, 3.8) is 0 Å². The van der Waals surface area contributed by atoms with Gasteiger partial charge < -0.3 is 20.6 Å². The largest absolute Gasteiger partial charge is 0.394 e. The van der Waals surface area contributed by atoms with E-state index in [1.165, 1.54) is 135 Å². The molecular weight excluding hydrogens is 522 g/mol. The lowest BCUT2D eigenvalue weighted by Gasteiger charge is -2.21. The van der Waals surface area contributed by atoms with Crippen LogP contribution in [-0.4, -0.2) is 46.1 Å². The molecule has 4 N–H and O–H groups in total. The van der Waals surface area contributed by atoms with Crippen molar-refractivity contribution >= 4 is 5.91 Å². The number of hydrogen-bond acceptors (Lipinski definition) is 4. The summed E-state index contributed by atoms with van der Waals surface area (Å²) < 4.78 is 0. The fourth-order valence-corrected chi connectivity index (χ4v) is 5.36. The standard InChI is InChI=1S/C37H71NO4/c1-3-5-7-9-11-13-14-15-16-17-18-19-20-21-22-23-24-26-27-29-31-35(40)34(33-39)38-37(42)36(41)32-30-28-25-12-10-8-6-4-2/h25,28-29,31,34-36,39-41H,3-24,26-27,30,32-33H2,1-2H3,(H,38,42)/b28-25-,31-29+. The first-order chi connectivity index (χ1) is 20.6. The molecule has 0 aliphatic rings. The van der Waals surface area contributed by atoms with E-state index in [0.29, 0.717) is 12.8 Å². The van der Waals surface area contributed by atoms with Crippen molar-refractivity contribution in [2.75, 3.05) is 6.61 Å². The molecule has 0 bridgehead atoms. The Kier molecular flexibility index (Phi) is 31.8. The van der Waals surface area contributed by atoms with Crippen LogP contribution in [-0.2, 0) is 4.79 Å². The van der Waals surface area contributed by atoms with Gasteiger partial charge in [-0.05, 0) is 38.5 Å². The summed E-state index contributed by atoms with van der Waals surface area (Å²) in [6.45, 7) is 4.10. The highest BCUT2D eigenvalue weighted by molar-refractivity contribution is 5.80. The topological polar surface area (TPSA) is 89.8 Å². The van der Waals surface area contributed by atoms with Gasteiger partial charge in [-0.1, -0.05) is 167 Å². The van der Waals surface area contributed by atoms with Gasteiger partial charge in [0.05, 0.1) is 18.8 Å². The Labute approximate surface area is 261 Å². The number of carbonyl (C=O) groups excluding carboxylic acids is 1. The van der Waals surface area contributed by atoms with Crippen LogP contribution in [0.2, 0.25) is 0 Å². The molecule has 0 fully saturated rings. The molecule has 5 heteroatoms. The van der Waals surface area contributed by atoms with E-state index in [-0.39, 0.29) is 6.61 Å². The van der Waals surface area contributed by atoms with Gasteiger partial charge in [0.1, 0.15) is 6.10 Å². The molecule has 1 amide bonds. The highest BCUT2D eigenvalue weighted by atomic mass is 16.3. The number of allylic oxidation sites excluding steroid dienone is 3.